The summed E-state index contributed by atoms with van der Waals surface area (Å²) in [7, 11) is 1.50. The molecule has 1 atom stereocenters. The standard InChI is InChI=1S/C19H18FN5O3S/c1-28-22-14-6-24(8-19(14)7-21-19)13-5-12-10(4-11(13)20)16(26)15-17(27)23-29-18(15)25(12)9-2-3-9/h4-5,9,21H,2-3,6-8H2,1H3,(H,23,27)/b22-14+. The first-order valence-electron chi connectivity index (χ1n) is 9.52. The van der Waals surface area contributed by atoms with Gasteiger partial charge in [0.25, 0.3) is 5.56 Å². The van der Waals surface area contributed by atoms with Crippen molar-refractivity contribution in [2.75, 3.05) is 31.6 Å². The maximum Gasteiger partial charge on any atom is 0.271 e. The van der Waals surface area contributed by atoms with Gasteiger partial charge >= 0.3 is 0 Å². The average molecular weight is 415 g/mol. The predicted octanol–water partition coefficient (Wildman–Crippen LogP) is 1.54. The number of hydrogen-bond acceptors (Lipinski definition) is 7. The molecule has 1 aliphatic carbocycles. The molecule has 2 aliphatic heterocycles. The van der Waals surface area contributed by atoms with Crippen molar-refractivity contribution in [3.05, 3.63) is 38.5 Å². The smallest absolute Gasteiger partial charge is 0.271 e. The van der Waals surface area contributed by atoms with Gasteiger partial charge in [0.05, 0.1) is 29.0 Å². The van der Waals surface area contributed by atoms with E-state index >= 15 is 4.39 Å². The first-order chi connectivity index (χ1) is 14.0. The van der Waals surface area contributed by atoms with E-state index in [0.29, 0.717) is 29.1 Å². The molecule has 1 saturated carbocycles. The van der Waals surface area contributed by atoms with Gasteiger partial charge in [-0.05, 0) is 36.5 Å². The van der Waals surface area contributed by atoms with Crippen LogP contribution in [0, 0.1) is 5.82 Å². The number of nitrogens with one attached hydrogen (secondary N) is 2. The second kappa shape index (κ2) is 5.67. The Morgan fingerprint density at radius 2 is 2.14 bits per heavy atom. The maximum absolute atomic E-state index is 15.1. The summed E-state index contributed by atoms with van der Waals surface area (Å²) in [6.45, 7) is 1.83. The van der Waals surface area contributed by atoms with Gasteiger partial charge in [-0.15, -0.1) is 0 Å². The molecule has 2 saturated heterocycles. The fraction of sp³-hybridized carbons (Fsp3) is 0.421. The molecule has 8 nitrogen and oxygen atoms in total. The minimum atomic E-state index is -0.475. The zero-order valence-corrected chi connectivity index (χ0v) is 16.4. The molecule has 0 radical (unpaired) electrons. The number of fused-ring (bicyclic) bond motifs is 2. The van der Waals surface area contributed by atoms with E-state index in [4.69, 9.17) is 4.84 Å². The Morgan fingerprint density at radius 1 is 1.34 bits per heavy atom. The Balaban J connectivity index is 1.59. The molecular weight excluding hydrogens is 397 g/mol. The number of rotatable bonds is 3. The molecule has 6 rings (SSSR count). The summed E-state index contributed by atoms with van der Waals surface area (Å²) < 4.78 is 19.8. The molecule has 0 bridgehead atoms. The van der Waals surface area contributed by atoms with Crippen LogP contribution in [-0.2, 0) is 4.84 Å². The molecule has 1 aromatic carbocycles. The first kappa shape index (κ1) is 17.2. The summed E-state index contributed by atoms with van der Waals surface area (Å²) in [6.07, 6.45) is 1.96. The quantitative estimate of drug-likeness (QED) is 0.499. The van der Waals surface area contributed by atoms with E-state index in [-0.39, 0.29) is 22.4 Å². The molecule has 3 aromatic rings. The molecule has 1 spiro atoms. The largest absolute Gasteiger partial charge is 0.399 e. The molecule has 1 unspecified atom stereocenters. The van der Waals surface area contributed by atoms with E-state index in [9.17, 15) is 9.59 Å². The Labute approximate surface area is 167 Å². The lowest BCUT2D eigenvalue weighted by Crippen LogP contribution is -2.27. The fourth-order valence-electron chi connectivity index (χ4n) is 4.40. The van der Waals surface area contributed by atoms with Crippen LogP contribution in [0.2, 0.25) is 0 Å². The Hall–Kier alpha value is -2.72. The Morgan fingerprint density at radius 3 is 2.83 bits per heavy atom. The Bertz CT molecular complexity index is 1330. The van der Waals surface area contributed by atoms with Gasteiger partial charge < -0.3 is 19.6 Å². The highest BCUT2D eigenvalue weighted by molar-refractivity contribution is 7.12. The van der Waals surface area contributed by atoms with E-state index < -0.39 is 16.8 Å². The van der Waals surface area contributed by atoms with Crippen molar-refractivity contribution in [1.29, 1.82) is 0 Å². The second-order valence-corrected chi connectivity index (χ2v) is 8.77. The van der Waals surface area contributed by atoms with Gasteiger partial charge in [0, 0.05) is 24.5 Å². The third kappa shape index (κ3) is 2.35. The summed E-state index contributed by atoms with van der Waals surface area (Å²) in [4.78, 5) is 32.7. The van der Waals surface area contributed by atoms with Gasteiger partial charge in [0.2, 0.25) is 5.43 Å². The molecule has 2 aromatic heterocycles. The van der Waals surface area contributed by atoms with Crippen LogP contribution in [0.4, 0.5) is 10.1 Å². The molecule has 3 aliphatic rings. The van der Waals surface area contributed by atoms with Crippen molar-refractivity contribution in [2.24, 2.45) is 5.16 Å². The fourth-order valence-corrected chi connectivity index (χ4v) is 5.33. The van der Waals surface area contributed by atoms with Crippen LogP contribution >= 0.6 is 11.5 Å². The molecular formula is C19H18FN5O3S. The summed E-state index contributed by atoms with van der Waals surface area (Å²) in [5.41, 5.74) is 0.881. The number of benzene rings is 1. The van der Waals surface area contributed by atoms with Gasteiger partial charge in [-0.3, -0.25) is 14.0 Å². The lowest BCUT2D eigenvalue weighted by Gasteiger charge is -2.20. The van der Waals surface area contributed by atoms with Crippen LogP contribution in [0.15, 0.2) is 26.9 Å². The number of pyridine rings is 1. The molecule has 0 amide bonds. The molecule has 150 valence electrons. The van der Waals surface area contributed by atoms with Crippen LogP contribution in [0.3, 0.4) is 0 Å². The van der Waals surface area contributed by atoms with E-state index in [1.165, 1.54) is 24.7 Å². The third-order valence-electron chi connectivity index (χ3n) is 6.11. The number of halogens is 1. The van der Waals surface area contributed by atoms with E-state index in [0.717, 1.165) is 25.1 Å². The third-order valence-corrected chi connectivity index (χ3v) is 6.99. The number of H-pyrrole nitrogens is 1. The topological polar surface area (TPSA) is 102 Å². The average Bonchev–Trinajstić information content (AvgIpc) is 3.59. The maximum atomic E-state index is 15.1. The molecule has 10 heteroatoms. The number of aromatic amines is 1. The van der Waals surface area contributed by atoms with Crippen LogP contribution in [-0.4, -0.2) is 46.9 Å². The van der Waals surface area contributed by atoms with Gasteiger partial charge in [-0.1, -0.05) is 5.16 Å². The highest BCUT2D eigenvalue weighted by atomic mass is 32.1. The zero-order valence-electron chi connectivity index (χ0n) is 15.6. The number of aromatic nitrogens is 2. The number of oxime groups is 1. The number of anilines is 1. The SMILES string of the molecule is CO/N=C1\CN(c2cc3c(cc2F)c(=O)c2c(=O)[nH]sc2n3C2CC2)CC12CN2. The summed E-state index contributed by atoms with van der Waals surface area (Å²) in [6, 6.07) is 3.26. The van der Waals surface area contributed by atoms with Crippen molar-refractivity contribution in [2.45, 2.75) is 24.4 Å². The van der Waals surface area contributed by atoms with Crippen LogP contribution in [0.5, 0.6) is 0 Å². The van der Waals surface area contributed by atoms with Gasteiger partial charge in [0.15, 0.2) is 0 Å². The first-order valence-corrected chi connectivity index (χ1v) is 10.3. The van der Waals surface area contributed by atoms with Crippen molar-refractivity contribution in [3.63, 3.8) is 0 Å². The summed E-state index contributed by atoms with van der Waals surface area (Å²) in [5, 5.41) is 7.80. The second-order valence-electron chi connectivity index (χ2n) is 7.98. The normalized spacial score (nSPS) is 25.0. The van der Waals surface area contributed by atoms with Crippen LogP contribution in [0.25, 0.3) is 21.1 Å². The van der Waals surface area contributed by atoms with Crippen molar-refractivity contribution in [1.82, 2.24) is 14.3 Å². The van der Waals surface area contributed by atoms with Crippen LogP contribution in [0.1, 0.15) is 18.9 Å². The molecule has 2 N–H and O–H groups in total. The minimum Gasteiger partial charge on any atom is -0.399 e. The van der Waals surface area contributed by atoms with Gasteiger partial charge in [-0.2, -0.15) is 0 Å². The molecule has 3 fully saturated rings. The molecule has 29 heavy (non-hydrogen) atoms. The van der Waals surface area contributed by atoms with E-state index in [1.54, 1.807) is 6.07 Å². The van der Waals surface area contributed by atoms with Gasteiger partial charge in [0.1, 0.15) is 23.1 Å². The summed E-state index contributed by atoms with van der Waals surface area (Å²) >= 11 is 1.17. The Kier molecular flexibility index (Phi) is 3.35. The molecule has 4 heterocycles. The van der Waals surface area contributed by atoms with Crippen molar-refractivity contribution >= 4 is 44.1 Å². The van der Waals surface area contributed by atoms with Gasteiger partial charge in [-0.25, -0.2) is 4.39 Å². The van der Waals surface area contributed by atoms with E-state index in [2.05, 4.69) is 14.8 Å². The summed E-state index contributed by atoms with van der Waals surface area (Å²) in [5.74, 6) is -0.475. The highest BCUT2D eigenvalue weighted by Crippen LogP contribution is 2.41. The lowest BCUT2D eigenvalue weighted by molar-refractivity contribution is 0.212. The van der Waals surface area contributed by atoms with Crippen molar-refractivity contribution < 1.29 is 9.23 Å². The monoisotopic (exact) mass is 415 g/mol. The number of nitrogens with zero attached hydrogens (tertiary/aromatic N) is 3. The lowest BCUT2D eigenvalue weighted by atomic mass is 10.1. The van der Waals surface area contributed by atoms with Crippen LogP contribution < -0.4 is 21.2 Å². The predicted molar refractivity (Wildman–Crippen MR) is 110 cm³/mol. The zero-order chi connectivity index (χ0) is 19.9. The minimum absolute atomic E-state index is 0.123. The highest BCUT2D eigenvalue weighted by Gasteiger charge is 2.54. The van der Waals surface area contributed by atoms with E-state index in [1.807, 2.05) is 9.47 Å². The number of hydrogen-bond donors (Lipinski definition) is 2. The van der Waals surface area contributed by atoms with Crippen molar-refractivity contribution in [3.8, 4) is 0 Å².